The lowest BCUT2D eigenvalue weighted by atomic mass is 10.2. The number of carbonyl (C=O) groups is 1. The smallest absolute Gasteiger partial charge is 0.329 e. The summed E-state index contributed by atoms with van der Waals surface area (Å²) in [6.07, 6.45) is -4.44. The number of hydrogen-bond acceptors (Lipinski definition) is 1. The third kappa shape index (κ3) is 5.31. The summed E-state index contributed by atoms with van der Waals surface area (Å²) >= 11 is 11.9. The summed E-state index contributed by atoms with van der Waals surface area (Å²) < 4.78 is 37.7. The molecule has 0 bridgehead atoms. The molecule has 0 aliphatic heterocycles. The molecular weight excluding hydrogens is 414 g/mol. The second-order valence-corrected chi connectivity index (χ2v) is 5.74. The lowest BCUT2D eigenvalue weighted by Gasteiger charge is -2.23. The van der Waals surface area contributed by atoms with Crippen molar-refractivity contribution in [1.82, 2.24) is 4.90 Å². The number of amides is 1. The van der Waals surface area contributed by atoms with E-state index in [-0.39, 0.29) is 22.5 Å². The zero-order valence-electron chi connectivity index (χ0n) is 9.48. The van der Waals surface area contributed by atoms with Gasteiger partial charge in [0.2, 0.25) is 0 Å². The zero-order chi connectivity index (χ0) is 14.6. The molecule has 2 nitrogen and oxygen atoms in total. The molecule has 0 aliphatic rings. The van der Waals surface area contributed by atoms with Gasteiger partial charge in [0.15, 0.2) is 0 Å². The Bertz CT molecular complexity index is 468. The quantitative estimate of drug-likeness (QED) is 0.653. The zero-order valence-corrected chi connectivity index (χ0v) is 13.4. The highest BCUT2D eigenvalue weighted by Gasteiger charge is 2.33. The molecule has 0 unspecified atom stereocenters. The number of rotatable bonds is 4. The molecule has 0 N–H and O–H groups in total. The van der Waals surface area contributed by atoms with E-state index in [1.54, 1.807) is 6.07 Å². The molecule has 1 aromatic rings. The first-order valence-corrected chi connectivity index (χ1v) is 7.41. The fourth-order valence-electron chi connectivity index (χ4n) is 1.40. The molecule has 0 aromatic heterocycles. The summed E-state index contributed by atoms with van der Waals surface area (Å²) in [5.41, 5.74) is 0.109. The van der Waals surface area contributed by atoms with Gasteiger partial charge in [0.25, 0.3) is 5.91 Å². The maximum atomic E-state index is 12.4. The van der Waals surface area contributed by atoms with Gasteiger partial charge in [-0.25, -0.2) is 0 Å². The van der Waals surface area contributed by atoms with Crippen molar-refractivity contribution in [2.24, 2.45) is 0 Å². The van der Waals surface area contributed by atoms with Gasteiger partial charge < -0.3 is 4.90 Å². The van der Waals surface area contributed by atoms with Gasteiger partial charge >= 0.3 is 6.18 Å². The summed E-state index contributed by atoms with van der Waals surface area (Å²) in [7, 11) is 0. The summed E-state index contributed by atoms with van der Waals surface area (Å²) in [6, 6.07) is 4.40. The molecule has 0 saturated carbocycles. The Balaban J connectivity index is 3.02. The number of carbonyl (C=O) groups excluding carboxylic acids is 1. The monoisotopic (exact) mass is 421 g/mol. The van der Waals surface area contributed by atoms with Crippen LogP contribution in [-0.4, -0.2) is 35.4 Å². The van der Waals surface area contributed by atoms with Gasteiger partial charge in [0.1, 0.15) is 6.54 Å². The van der Waals surface area contributed by atoms with Crippen LogP contribution in [0.4, 0.5) is 13.2 Å². The van der Waals surface area contributed by atoms with Crippen molar-refractivity contribution in [3.63, 3.8) is 0 Å². The summed E-state index contributed by atoms with van der Waals surface area (Å²) in [5.74, 6) is -0.717. The van der Waals surface area contributed by atoms with E-state index in [4.69, 9.17) is 11.6 Å². The highest BCUT2D eigenvalue weighted by atomic mass is 79.9. The Kier molecular flexibility index (Phi) is 6.14. The van der Waals surface area contributed by atoms with Crippen molar-refractivity contribution in [2.75, 3.05) is 18.4 Å². The van der Waals surface area contributed by atoms with Crippen molar-refractivity contribution in [2.45, 2.75) is 6.18 Å². The molecular formula is C11H9Br2ClF3NO. The van der Waals surface area contributed by atoms with Crippen molar-refractivity contribution in [3.05, 3.63) is 33.3 Å². The predicted octanol–water partition coefficient (Wildman–Crippen LogP) is 4.50. The lowest BCUT2D eigenvalue weighted by molar-refractivity contribution is -0.140. The Hall–Kier alpha value is -0.270. The third-order valence-electron chi connectivity index (χ3n) is 2.17. The van der Waals surface area contributed by atoms with E-state index in [1.165, 1.54) is 12.1 Å². The number of halogens is 6. The Morgan fingerprint density at radius 1 is 1.37 bits per heavy atom. The minimum absolute atomic E-state index is 0.0443. The molecule has 0 aliphatic carbocycles. The first kappa shape index (κ1) is 16.8. The molecule has 0 heterocycles. The number of hydrogen-bond donors (Lipinski definition) is 0. The van der Waals surface area contributed by atoms with E-state index in [1.807, 2.05) is 0 Å². The van der Waals surface area contributed by atoms with Gasteiger partial charge in [-0.1, -0.05) is 27.5 Å². The maximum absolute atomic E-state index is 12.4. The van der Waals surface area contributed by atoms with E-state index in [9.17, 15) is 18.0 Å². The molecule has 0 radical (unpaired) electrons. The van der Waals surface area contributed by atoms with E-state index in [0.717, 1.165) is 4.90 Å². The highest BCUT2D eigenvalue weighted by molar-refractivity contribution is 9.10. The SMILES string of the molecule is O=C(c1cc(Cl)ccc1Br)N(CCBr)CC(F)(F)F. The van der Waals surface area contributed by atoms with Gasteiger partial charge in [-0.05, 0) is 34.1 Å². The molecule has 1 aromatic carbocycles. The average Bonchev–Trinajstić information content (AvgIpc) is 2.29. The summed E-state index contributed by atoms with van der Waals surface area (Å²) in [5, 5.41) is 0.546. The second-order valence-electron chi connectivity index (χ2n) is 3.66. The van der Waals surface area contributed by atoms with Gasteiger partial charge in [-0.3, -0.25) is 4.79 Å². The van der Waals surface area contributed by atoms with Crippen LogP contribution in [0.1, 0.15) is 10.4 Å². The van der Waals surface area contributed by atoms with Gasteiger partial charge in [-0.15, -0.1) is 0 Å². The molecule has 8 heteroatoms. The van der Waals surface area contributed by atoms with E-state index in [0.29, 0.717) is 4.47 Å². The normalized spacial score (nSPS) is 11.5. The molecule has 0 spiro atoms. The minimum Gasteiger partial charge on any atom is -0.329 e. The molecule has 0 atom stereocenters. The largest absolute Gasteiger partial charge is 0.406 e. The van der Waals surface area contributed by atoms with Crippen LogP contribution in [-0.2, 0) is 0 Å². The van der Waals surface area contributed by atoms with Crippen LogP contribution in [0.3, 0.4) is 0 Å². The highest BCUT2D eigenvalue weighted by Crippen LogP contribution is 2.24. The lowest BCUT2D eigenvalue weighted by Crippen LogP contribution is -2.40. The van der Waals surface area contributed by atoms with Crippen LogP contribution in [0, 0.1) is 0 Å². The van der Waals surface area contributed by atoms with Gasteiger partial charge in [-0.2, -0.15) is 13.2 Å². The first-order valence-electron chi connectivity index (χ1n) is 5.11. The molecule has 1 rings (SSSR count). The van der Waals surface area contributed by atoms with Gasteiger partial charge in [0, 0.05) is 21.4 Å². The molecule has 1 amide bonds. The molecule has 0 fully saturated rings. The van der Waals surface area contributed by atoms with E-state index in [2.05, 4.69) is 31.9 Å². The maximum Gasteiger partial charge on any atom is 0.406 e. The average molecular weight is 423 g/mol. The van der Waals surface area contributed by atoms with Crippen molar-refractivity contribution < 1.29 is 18.0 Å². The standard InChI is InChI=1S/C11H9Br2ClF3NO/c12-3-4-18(6-11(15,16)17)10(19)8-5-7(14)1-2-9(8)13/h1-2,5H,3-4,6H2. The fourth-order valence-corrected chi connectivity index (χ4v) is 2.42. The Morgan fingerprint density at radius 3 is 2.53 bits per heavy atom. The number of benzene rings is 1. The minimum atomic E-state index is -4.44. The molecule has 106 valence electrons. The van der Waals surface area contributed by atoms with E-state index >= 15 is 0 Å². The number of nitrogens with zero attached hydrogens (tertiary/aromatic N) is 1. The third-order valence-corrected chi connectivity index (χ3v) is 3.45. The summed E-state index contributed by atoms with van der Waals surface area (Å²) in [4.78, 5) is 12.8. The van der Waals surface area contributed by atoms with Crippen molar-refractivity contribution in [1.29, 1.82) is 0 Å². The van der Waals surface area contributed by atoms with Crippen molar-refractivity contribution in [3.8, 4) is 0 Å². The predicted molar refractivity (Wildman–Crippen MR) is 74.9 cm³/mol. The van der Waals surface area contributed by atoms with E-state index < -0.39 is 18.6 Å². The Labute approximate surface area is 130 Å². The number of alkyl halides is 4. The van der Waals surface area contributed by atoms with Crippen LogP contribution in [0.5, 0.6) is 0 Å². The first-order chi connectivity index (χ1) is 8.74. The summed E-state index contributed by atoms with van der Waals surface area (Å²) in [6.45, 7) is -1.34. The second kappa shape index (κ2) is 6.95. The van der Waals surface area contributed by atoms with Crippen LogP contribution >= 0.6 is 43.5 Å². The molecule has 0 saturated heterocycles. The van der Waals surface area contributed by atoms with Crippen LogP contribution in [0.25, 0.3) is 0 Å². The Morgan fingerprint density at radius 2 is 2.00 bits per heavy atom. The van der Waals surface area contributed by atoms with Crippen LogP contribution in [0.15, 0.2) is 22.7 Å². The topological polar surface area (TPSA) is 20.3 Å². The van der Waals surface area contributed by atoms with Crippen molar-refractivity contribution >= 4 is 49.4 Å². The van der Waals surface area contributed by atoms with Gasteiger partial charge in [0.05, 0.1) is 5.56 Å². The molecule has 19 heavy (non-hydrogen) atoms. The fraction of sp³-hybridized carbons (Fsp3) is 0.364. The van der Waals surface area contributed by atoms with Crippen LogP contribution in [0.2, 0.25) is 5.02 Å². The van der Waals surface area contributed by atoms with Crippen LogP contribution < -0.4 is 0 Å².